The van der Waals surface area contributed by atoms with Gasteiger partial charge >= 0.3 is 0 Å². The van der Waals surface area contributed by atoms with Gasteiger partial charge in [0, 0.05) is 38.9 Å². The average Bonchev–Trinajstić information content (AvgIpc) is 2.57. The standard InChI is InChI=1S/C17H18FN3O2/c1-20-11-13(5-6-16(20)22)17(23)21-8-7-19-10-15(21)12-3-2-4-14(18)9-12/h2-6,9,11,15,19H,7-8,10H2,1H3. The van der Waals surface area contributed by atoms with Crippen LogP contribution in [0, 0.1) is 5.82 Å². The highest BCUT2D eigenvalue weighted by Crippen LogP contribution is 2.24. The number of hydrogen-bond acceptors (Lipinski definition) is 3. The minimum atomic E-state index is -0.317. The Balaban J connectivity index is 1.93. The lowest BCUT2D eigenvalue weighted by molar-refractivity contribution is 0.0633. The Labute approximate surface area is 133 Å². The third-order valence-corrected chi connectivity index (χ3v) is 4.07. The van der Waals surface area contributed by atoms with E-state index < -0.39 is 0 Å². The molecule has 0 bridgehead atoms. The zero-order valence-corrected chi connectivity index (χ0v) is 12.8. The van der Waals surface area contributed by atoms with Crippen molar-refractivity contribution >= 4 is 5.91 Å². The zero-order valence-electron chi connectivity index (χ0n) is 12.8. The van der Waals surface area contributed by atoms with Gasteiger partial charge in [0.25, 0.3) is 5.91 Å². The van der Waals surface area contributed by atoms with E-state index in [4.69, 9.17) is 0 Å². The van der Waals surface area contributed by atoms with Gasteiger partial charge in [0.15, 0.2) is 0 Å². The van der Waals surface area contributed by atoms with Gasteiger partial charge in [-0.2, -0.15) is 0 Å². The second kappa shape index (κ2) is 6.34. The molecule has 2 aromatic rings. The van der Waals surface area contributed by atoms with E-state index in [9.17, 15) is 14.0 Å². The first-order chi connectivity index (χ1) is 11.1. The van der Waals surface area contributed by atoms with Crippen LogP contribution in [0.15, 0.2) is 47.4 Å². The molecule has 1 aromatic heterocycles. The molecule has 3 rings (SSSR count). The van der Waals surface area contributed by atoms with Crippen molar-refractivity contribution in [3.63, 3.8) is 0 Å². The van der Waals surface area contributed by atoms with Crippen LogP contribution in [0.5, 0.6) is 0 Å². The first-order valence-electron chi connectivity index (χ1n) is 7.50. The van der Waals surface area contributed by atoms with E-state index >= 15 is 0 Å². The number of carbonyl (C=O) groups excluding carboxylic acids is 1. The molecule has 1 saturated heterocycles. The lowest BCUT2D eigenvalue weighted by Crippen LogP contribution is -2.48. The Morgan fingerprint density at radius 2 is 2.13 bits per heavy atom. The van der Waals surface area contributed by atoms with Gasteiger partial charge in [-0.1, -0.05) is 12.1 Å². The molecule has 1 fully saturated rings. The minimum Gasteiger partial charge on any atom is -0.329 e. The second-order valence-electron chi connectivity index (χ2n) is 5.64. The van der Waals surface area contributed by atoms with Crippen molar-refractivity contribution in [2.24, 2.45) is 7.05 Å². The summed E-state index contributed by atoms with van der Waals surface area (Å²) in [5, 5.41) is 3.24. The summed E-state index contributed by atoms with van der Waals surface area (Å²) in [6, 6.07) is 9.00. The number of benzene rings is 1. The molecule has 6 heteroatoms. The maximum absolute atomic E-state index is 13.5. The number of amides is 1. The van der Waals surface area contributed by atoms with Gasteiger partial charge in [-0.05, 0) is 23.8 Å². The van der Waals surface area contributed by atoms with Gasteiger partial charge in [-0.15, -0.1) is 0 Å². The summed E-state index contributed by atoms with van der Waals surface area (Å²) >= 11 is 0. The summed E-state index contributed by atoms with van der Waals surface area (Å²) in [4.78, 5) is 26.0. The summed E-state index contributed by atoms with van der Waals surface area (Å²) in [7, 11) is 1.61. The highest BCUT2D eigenvalue weighted by molar-refractivity contribution is 5.94. The number of nitrogens with zero attached hydrogens (tertiary/aromatic N) is 2. The van der Waals surface area contributed by atoms with Crippen LogP contribution in [0.3, 0.4) is 0 Å². The maximum Gasteiger partial charge on any atom is 0.255 e. The van der Waals surface area contributed by atoms with Crippen LogP contribution in [0.4, 0.5) is 4.39 Å². The number of rotatable bonds is 2. The Kier molecular flexibility index (Phi) is 4.25. The van der Waals surface area contributed by atoms with Gasteiger partial charge in [0.05, 0.1) is 11.6 Å². The van der Waals surface area contributed by atoms with E-state index in [2.05, 4.69) is 5.32 Å². The quantitative estimate of drug-likeness (QED) is 0.909. The third kappa shape index (κ3) is 3.17. The fourth-order valence-corrected chi connectivity index (χ4v) is 2.85. The number of aryl methyl sites for hydroxylation is 1. The monoisotopic (exact) mass is 315 g/mol. The highest BCUT2D eigenvalue weighted by atomic mass is 19.1. The Morgan fingerprint density at radius 3 is 2.87 bits per heavy atom. The Hall–Kier alpha value is -2.47. The number of piperazine rings is 1. The van der Waals surface area contributed by atoms with Crippen molar-refractivity contribution in [1.82, 2.24) is 14.8 Å². The number of carbonyl (C=O) groups is 1. The van der Waals surface area contributed by atoms with Crippen LogP contribution in [0.1, 0.15) is 22.0 Å². The molecule has 0 aliphatic carbocycles. The predicted molar refractivity (Wildman–Crippen MR) is 84.7 cm³/mol. The van der Waals surface area contributed by atoms with Crippen molar-refractivity contribution in [2.45, 2.75) is 6.04 Å². The summed E-state index contributed by atoms with van der Waals surface area (Å²) in [5.41, 5.74) is 1.05. The van der Waals surface area contributed by atoms with Crippen LogP contribution >= 0.6 is 0 Å². The molecule has 1 N–H and O–H groups in total. The number of halogens is 1. The van der Waals surface area contributed by atoms with E-state index in [1.165, 1.54) is 35.0 Å². The fraction of sp³-hybridized carbons (Fsp3) is 0.294. The molecule has 1 aromatic carbocycles. The number of pyridine rings is 1. The van der Waals surface area contributed by atoms with Gasteiger partial charge in [0.2, 0.25) is 5.56 Å². The molecule has 0 spiro atoms. The second-order valence-corrected chi connectivity index (χ2v) is 5.64. The van der Waals surface area contributed by atoms with E-state index in [1.807, 2.05) is 6.07 Å². The summed E-state index contributed by atoms with van der Waals surface area (Å²) in [6.07, 6.45) is 1.54. The third-order valence-electron chi connectivity index (χ3n) is 4.07. The van der Waals surface area contributed by atoms with Crippen LogP contribution in [0.2, 0.25) is 0 Å². The fourth-order valence-electron chi connectivity index (χ4n) is 2.85. The molecule has 120 valence electrons. The lowest BCUT2D eigenvalue weighted by Gasteiger charge is -2.36. The van der Waals surface area contributed by atoms with Gasteiger partial charge in [0.1, 0.15) is 5.82 Å². The maximum atomic E-state index is 13.5. The predicted octanol–water partition coefficient (Wildman–Crippen LogP) is 1.31. The first-order valence-corrected chi connectivity index (χ1v) is 7.50. The molecular formula is C17H18FN3O2. The summed E-state index contributed by atoms with van der Waals surface area (Å²) in [6.45, 7) is 1.78. The van der Waals surface area contributed by atoms with Crippen molar-refractivity contribution in [3.8, 4) is 0 Å². The largest absolute Gasteiger partial charge is 0.329 e. The molecule has 1 unspecified atom stereocenters. The average molecular weight is 315 g/mol. The van der Waals surface area contributed by atoms with Crippen LogP contribution in [-0.2, 0) is 7.05 Å². The van der Waals surface area contributed by atoms with Crippen LogP contribution in [-0.4, -0.2) is 35.0 Å². The molecule has 0 saturated carbocycles. The zero-order chi connectivity index (χ0) is 16.4. The molecule has 1 aliphatic rings. The van der Waals surface area contributed by atoms with Gasteiger partial charge in [-0.25, -0.2) is 4.39 Å². The summed E-state index contributed by atoms with van der Waals surface area (Å²) in [5.74, 6) is -0.473. The minimum absolute atomic E-state index is 0.156. The number of hydrogen-bond donors (Lipinski definition) is 1. The van der Waals surface area contributed by atoms with E-state index in [-0.39, 0.29) is 23.3 Å². The van der Waals surface area contributed by atoms with E-state index in [0.29, 0.717) is 25.2 Å². The highest BCUT2D eigenvalue weighted by Gasteiger charge is 2.29. The van der Waals surface area contributed by atoms with Crippen molar-refractivity contribution < 1.29 is 9.18 Å². The molecule has 5 nitrogen and oxygen atoms in total. The van der Waals surface area contributed by atoms with Crippen molar-refractivity contribution in [2.75, 3.05) is 19.6 Å². The molecule has 0 radical (unpaired) electrons. The Morgan fingerprint density at radius 1 is 1.30 bits per heavy atom. The molecule has 2 heterocycles. The Bertz CT molecular complexity index is 787. The topological polar surface area (TPSA) is 54.3 Å². The van der Waals surface area contributed by atoms with Crippen LogP contribution in [0.25, 0.3) is 0 Å². The van der Waals surface area contributed by atoms with Crippen molar-refractivity contribution in [1.29, 1.82) is 0 Å². The van der Waals surface area contributed by atoms with Crippen LogP contribution < -0.4 is 10.9 Å². The number of aromatic nitrogens is 1. The van der Waals surface area contributed by atoms with Gasteiger partial charge < -0.3 is 14.8 Å². The molecule has 1 aliphatic heterocycles. The number of nitrogens with one attached hydrogen (secondary N) is 1. The molecule has 1 atom stereocenters. The smallest absolute Gasteiger partial charge is 0.255 e. The summed E-state index contributed by atoms with van der Waals surface area (Å²) < 4.78 is 14.9. The van der Waals surface area contributed by atoms with Gasteiger partial charge in [-0.3, -0.25) is 9.59 Å². The lowest BCUT2D eigenvalue weighted by atomic mass is 10.0. The van der Waals surface area contributed by atoms with E-state index in [0.717, 1.165) is 5.56 Å². The SMILES string of the molecule is Cn1cc(C(=O)N2CCNCC2c2cccc(F)c2)ccc1=O. The molecule has 23 heavy (non-hydrogen) atoms. The van der Waals surface area contributed by atoms with E-state index in [1.54, 1.807) is 18.0 Å². The van der Waals surface area contributed by atoms with Crippen molar-refractivity contribution in [3.05, 3.63) is 69.9 Å². The first kappa shape index (κ1) is 15.4. The molecule has 1 amide bonds. The normalized spacial score (nSPS) is 18.0. The molecular weight excluding hydrogens is 297 g/mol.